The Morgan fingerprint density at radius 1 is 1.21 bits per heavy atom. The third-order valence-corrected chi connectivity index (χ3v) is 3.12. The van der Waals surface area contributed by atoms with Crippen LogP contribution >= 0.6 is 0 Å². The maximum atomic E-state index is 12.0. The SMILES string of the molecule is CCc1ccc(C(=O)NC(C)Cc2ccoc2)cc1. The molecular formula is C16H19NO2. The monoisotopic (exact) mass is 257 g/mol. The van der Waals surface area contributed by atoms with Crippen LogP contribution < -0.4 is 5.32 Å². The van der Waals surface area contributed by atoms with E-state index in [-0.39, 0.29) is 11.9 Å². The van der Waals surface area contributed by atoms with Crippen molar-refractivity contribution >= 4 is 5.91 Å². The van der Waals surface area contributed by atoms with Crippen molar-refractivity contribution in [3.05, 3.63) is 59.5 Å². The van der Waals surface area contributed by atoms with Crippen LogP contribution in [0.4, 0.5) is 0 Å². The molecule has 1 heterocycles. The number of aryl methyl sites for hydroxylation is 1. The minimum atomic E-state index is -0.0290. The van der Waals surface area contributed by atoms with Crippen molar-refractivity contribution in [2.45, 2.75) is 32.7 Å². The highest BCUT2D eigenvalue weighted by molar-refractivity contribution is 5.94. The Kier molecular flexibility index (Phi) is 4.39. The van der Waals surface area contributed by atoms with Gasteiger partial charge in [-0.05, 0) is 49.1 Å². The normalized spacial score (nSPS) is 12.1. The summed E-state index contributed by atoms with van der Waals surface area (Å²) >= 11 is 0. The third kappa shape index (κ3) is 3.71. The highest BCUT2D eigenvalue weighted by Gasteiger charge is 2.10. The predicted molar refractivity (Wildman–Crippen MR) is 75.2 cm³/mol. The first kappa shape index (κ1) is 13.4. The van der Waals surface area contributed by atoms with E-state index in [1.165, 1.54) is 5.56 Å². The topological polar surface area (TPSA) is 42.2 Å². The van der Waals surface area contributed by atoms with Crippen molar-refractivity contribution in [1.82, 2.24) is 5.32 Å². The Morgan fingerprint density at radius 2 is 1.95 bits per heavy atom. The lowest BCUT2D eigenvalue weighted by Gasteiger charge is -2.13. The maximum Gasteiger partial charge on any atom is 0.251 e. The fourth-order valence-corrected chi connectivity index (χ4v) is 2.01. The minimum Gasteiger partial charge on any atom is -0.472 e. The number of hydrogen-bond donors (Lipinski definition) is 1. The van der Waals surface area contributed by atoms with Gasteiger partial charge in [-0.3, -0.25) is 4.79 Å². The van der Waals surface area contributed by atoms with Crippen molar-refractivity contribution in [3.63, 3.8) is 0 Å². The van der Waals surface area contributed by atoms with E-state index in [9.17, 15) is 4.79 Å². The molecule has 0 fully saturated rings. The van der Waals surface area contributed by atoms with Gasteiger partial charge in [0, 0.05) is 11.6 Å². The molecule has 0 aliphatic rings. The number of carbonyl (C=O) groups excluding carboxylic acids is 1. The molecule has 3 heteroatoms. The van der Waals surface area contributed by atoms with Gasteiger partial charge >= 0.3 is 0 Å². The maximum absolute atomic E-state index is 12.0. The first-order chi connectivity index (χ1) is 9.19. The van der Waals surface area contributed by atoms with Crippen molar-refractivity contribution < 1.29 is 9.21 Å². The summed E-state index contributed by atoms with van der Waals surface area (Å²) in [6.07, 6.45) is 5.11. The summed E-state index contributed by atoms with van der Waals surface area (Å²) in [7, 11) is 0. The van der Waals surface area contributed by atoms with Crippen molar-refractivity contribution in [2.75, 3.05) is 0 Å². The second-order valence-electron chi connectivity index (χ2n) is 4.76. The molecule has 100 valence electrons. The van der Waals surface area contributed by atoms with Gasteiger partial charge in [-0.1, -0.05) is 19.1 Å². The van der Waals surface area contributed by atoms with E-state index >= 15 is 0 Å². The third-order valence-electron chi connectivity index (χ3n) is 3.12. The summed E-state index contributed by atoms with van der Waals surface area (Å²) < 4.78 is 5.02. The number of hydrogen-bond acceptors (Lipinski definition) is 2. The van der Waals surface area contributed by atoms with Crippen LogP contribution in [0.2, 0.25) is 0 Å². The summed E-state index contributed by atoms with van der Waals surface area (Å²) in [5.74, 6) is -0.0290. The number of furan rings is 1. The van der Waals surface area contributed by atoms with E-state index < -0.39 is 0 Å². The van der Waals surface area contributed by atoms with Crippen LogP contribution in [0, 0.1) is 0 Å². The summed E-state index contributed by atoms with van der Waals surface area (Å²) in [5, 5.41) is 2.99. The molecule has 1 amide bonds. The molecule has 1 N–H and O–H groups in total. The van der Waals surface area contributed by atoms with Gasteiger partial charge in [0.1, 0.15) is 0 Å². The van der Waals surface area contributed by atoms with E-state index in [1.54, 1.807) is 12.5 Å². The van der Waals surface area contributed by atoms with Crippen LogP contribution in [0.5, 0.6) is 0 Å². The zero-order chi connectivity index (χ0) is 13.7. The molecule has 1 atom stereocenters. The molecule has 0 saturated heterocycles. The summed E-state index contributed by atoms with van der Waals surface area (Å²) in [5.41, 5.74) is 3.04. The Morgan fingerprint density at radius 3 is 2.53 bits per heavy atom. The molecule has 0 radical (unpaired) electrons. The fourth-order valence-electron chi connectivity index (χ4n) is 2.01. The lowest BCUT2D eigenvalue weighted by atomic mass is 10.1. The van der Waals surface area contributed by atoms with Crippen LogP contribution in [0.3, 0.4) is 0 Å². The molecular weight excluding hydrogens is 238 g/mol. The lowest BCUT2D eigenvalue weighted by molar-refractivity contribution is 0.0940. The predicted octanol–water partition coefficient (Wildman–Crippen LogP) is 3.20. The second kappa shape index (κ2) is 6.23. The van der Waals surface area contributed by atoms with Gasteiger partial charge in [-0.15, -0.1) is 0 Å². The summed E-state index contributed by atoms with van der Waals surface area (Å²) in [4.78, 5) is 12.0. The molecule has 3 nitrogen and oxygen atoms in total. The number of rotatable bonds is 5. The van der Waals surface area contributed by atoms with Gasteiger partial charge in [0.2, 0.25) is 0 Å². The highest BCUT2D eigenvalue weighted by Crippen LogP contribution is 2.07. The van der Waals surface area contributed by atoms with Crippen molar-refractivity contribution in [3.8, 4) is 0 Å². The molecule has 0 saturated carbocycles. The molecule has 0 spiro atoms. The van der Waals surface area contributed by atoms with Gasteiger partial charge in [-0.25, -0.2) is 0 Å². The van der Waals surface area contributed by atoms with Crippen LogP contribution in [-0.4, -0.2) is 11.9 Å². The van der Waals surface area contributed by atoms with Gasteiger partial charge in [-0.2, -0.15) is 0 Å². The van der Waals surface area contributed by atoms with E-state index in [4.69, 9.17) is 4.42 Å². The van der Waals surface area contributed by atoms with Crippen molar-refractivity contribution in [1.29, 1.82) is 0 Å². The molecule has 0 bridgehead atoms. The highest BCUT2D eigenvalue weighted by atomic mass is 16.3. The van der Waals surface area contributed by atoms with Gasteiger partial charge in [0.15, 0.2) is 0 Å². The first-order valence-corrected chi connectivity index (χ1v) is 6.60. The average Bonchev–Trinajstić information content (AvgIpc) is 2.91. The van der Waals surface area contributed by atoms with E-state index in [2.05, 4.69) is 12.2 Å². The first-order valence-electron chi connectivity index (χ1n) is 6.60. The summed E-state index contributed by atoms with van der Waals surface area (Å²) in [6.45, 7) is 4.09. The Balaban J connectivity index is 1.92. The smallest absolute Gasteiger partial charge is 0.251 e. The molecule has 0 aliphatic carbocycles. The lowest BCUT2D eigenvalue weighted by Crippen LogP contribution is -2.33. The molecule has 0 aliphatic heterocycles. The van der Waals surface area contributed by atoms with Gasteiger partial charge in [0.25, 0.3) is 5.91 Å². The van der Waals surface area contributed by atoms with E-state index in [1.807, 2.05) is 37.3 Å². The molecule has 1 aromatic carbocycles. The number of benzene rings is 1. The quantitative estimate of drug-likeness (QED) is 0.893. The van der Waals surface area contributed by atoms with Gasteiger partial charge in [0.05, 0.1) is 12.5 Å². The fraction of sp³-hybridized carbons (Fsp3) is 0.312. The van der Waals surface area contributed by atoms with E-state index in [0.717, 1.165) is 18.4 Å². The van der Waals surface area contributed by atoms with Crippen molar-refractivity contribution in [2.24, 2.45) is 0 Å². The second-order valence-corrected chi connectivity index (χ2v) is 4.76. The van der Waals surface area contributed by atoms with Crippen LogP contribution in [-0.2, 0) is 12.8 Å². The number of nitrogens with one attached hydrogen (secondary N) is 1. The van der Waals surface area contributed by atoms with E-state index in [0.29, 0.717) is 5.56 Å². The molecule has 1 unspecified atom stereocenters. The minimum absolute atomic E-state index is 0.0290. The average molecular weight is 257 g/mol. The summed E-state index contributed by atoms with van der Waals surface area (Å²) in [6, 6.07) is 9.73. The zero-order valence-corrected chi connectivity index (χ0v) is 11.3. The van der Waals surface area contributed by atoms with Crippen LogP contribution in [0.25, 0.3) is 0 Å². The molecule has 2 rings (SSSR count). The Hall–Kier alpha value is -2.03. The van der Waals surface area contributed by atoms with Crippen LogP contribution in [0.1, 0.15) is 35.3 Å². The zero-order valence-electron chi connectivity index (χ0n) is 11.3. The molecule has 1 aromatic heterocycles. The molecule has 2 aromatic rings. The van der Waals surface area contributed by atoms with Gasteiger partial charge < -0.3 is 9.73 Å². The Labute approximate surface area is 113 Å². The van der Waals surface area contributed by atoms with Crippen LogP contribution in [0.15, 0.2) is 47.3 Å². The number of amides is 1. The largest absolute Gasteiger partial charge is 0.472 e. The number of carbonyl (C=O) groups is 1. The Bertz CT molecular complexity index is 514. The standard InChI is InChI=1S/C16H19NO2/c1-3-13-4-6-15(7-5-13)16(18)17-12(2)10-14-8-9-19-11-14/h4-9,11-12H,3,10H2,1-2H3,(H,17,18). The molecule has 19 heavy (non-hydrogen) atoms.